The van der Waals surface area contributed by atoms with Crippen LogP contribution in [0.3, 0.4) is 0 Å². The quantitative estimate of drug-likeness (QED) is 0.795. The molecule has 0 bridgehead atoms. The number of aromatic nitrogens is 1. The lowest BCUT2D eigenvalue weighted by atomic mass is 9.84. The third-order valence-electron chi connectivity index (χ3n) is 5.47. The predicted octanol–water partition coefficient (Wildman–Crippen LogP) is 5.02. The molecule has 22 heavy (non-hydrogen) atoms. The Hall–Kier alpha value is -0.873. The van der Waals surface area contributed by atoms with Crippen LogP contribution in [-0.2, 0) is 4.43 Å². The summed E-state index contributed by atoms with van der Waals surface area (Å²) in [7, 11) is -1.64. The lowest BCUT2D eigenvalue weighted by Crippen LogP contribution is -2.44. The van der Waals surface area contributed by atoms with Crippen LogP contribution >= 0.6 is 0 Å². The predicted molar refractivity (Wildman–Crippen MR) is 96.7 cm³/mol. The van der Waals surface area contributed by atoms with Crippen molar-refractivity contribution in [3.05, 3.63) is 23.5 Å². The molecule has 1 aromatic heterocycles. The van der Waals surface area contributed by atoms with Gasteiger partial charge >= 0.3 is 0 Å². The minimum absolute atomic E-state index is 0.291. The van der Waals surface area contributed by atoms with Crippen molar-refractivity contribution in [1.29, 1.82) is 0 Å². The zero-order chi connectivity index (χ0) is 16.5. The van der Waals surface area contributed by atoms with Gasteiger partial charge in [-0.15, -0.1) is 0 Å². The number of anilines is 1. The van der Waals surface area contributed by atoms with Gasteiger partial charge in [-0.3, -0.25) is 4.98 Å². The Morgan fingerprint density at radius 3 is 2.27 bits per heavy atom. The number of hydrogen-bond acceptors (Lipinski definition) is 3. The fourth-order valence-electron chi connectivity index (χ4n) is 3.08. The van der Waals surface area contributed by atoms with Gasteiger partial charge in [-0.25, -0.2) is 0 Å². The Balaban J connectivity index is 1.96. The number of nitrogens with two attached hydrogens (primary N) is 1. The first kappa shape index (κ1) is 17.5. The van der Waals surface area contributed by atoms with Gasteiger partial charge in [0.25, 0.3) is 0 Å². The molecule has 0 atom stereocenters. The molecule has 1 heterocycles. The van der Waals surface area contributed by atoms with E-state index >= 15 is 0 Å². The second kappa shape index (κ2) is 6.32. The van der Waals surface area contributed by atoms with E-state index in [0.29, 0.717) is 17.1 Å². The Kier molecular flexibility index (Phi) is 5.02. The molecule has 0 unspecified atom stereocenters. The molecule has 2 rings (SSSR count). The van der Waals surface area contributed by atoms with E-state index in [2.05, 4.69) is 45.8 Å². The van der Waals surface area contributed by atoms with Crippen LogP contribution in [0.5, 0.6) is 0 Å². The summed E-state index contributed by atoms with van der Waals surface area (Å²) in [5.41, 5.74) is 9.04. The Bertz CT molecular complexity index is 514. The van der Waals surface area contributed by atoms with E-state index < -0.39 is 8.32 Å². The summed E-state index contributed by atoms with van der Waals surface area (Å²) < 4.78 is 6.58. The molecule has 0 radical (unpaired) electrons. The van der Waals surface area contributed by atoms with Gasteiger partial charge in [-0.2, -0.15) is 0 Å². The number of nitrogen functional groups attached to an aromatic ring is 1. The van der Waals surface area contributed by atoms with E-state index in [-0.39, 0.29) is 0 Å². The fourth-order valence-corrected chi connectivity index (χ4v) is 4.50. The van der Waals surface area contributed by atoms with Gasteiger partial charge in [0.15, 0.2) is 8.32 Å². The van der Waals surface area contributed by atoms with Crippen molar-refractivity contribution in [2.24, 2.45) is 0 Å². The first-order valence-electron chi connectivity index (χ1n) is 8.50. The maximum atomic E-state index is 6.58. The summed E-state index contributed by atoms with van der Waals surface area (Å²) in [5, 5.41) is 0.291. The highest BCUT2D eigenvalue weighted by molar-refractivity contribution is 6.74. The van der Waals surface area contributed by atoms with Crippen LogP contribution < -0.4 is 5.73 Å². The second-order valence-corrected chi connectivity index (χ2v) is 13.1. The number of rotatable bonds is 3. The van der Waals surface area contributed by atoms with Crippen molar-refractivity contribution in [3.8, 4) is 0 Å². The molecule has 1 aliphatic carbocycles. The molecular weight excluding hydrogens is 288 g/mol. The van der Waals surface area contributed by atoms with Crippen LogP contribution in [0.2, 0.25) is 18.1 Å². The molecule has 0 spiro atoms. The Morgan fingerprint density at radius 1 is 1.18 bits per heavy atom. The van der Waals surface area contributed by atoms with E-state index in [9.17, 15) is 0 Å². The highest BCUT2D eigenvalue weighted by atomic mass is 28.4. The van der Waals surface area contributed by atoms with Gasteiger partial charge in [0, 0.05) is 17.7 Å². The molecule has 0 saturated heterocycles. The van der Waals surface area contributed by atoms with Gasteiger partial charge < -0.3 is 10.2 Å². The van der Waals surface area contributed by atoms with Crippen molar-refractivity contribution in [2.45, 2.75) is 83.5 Å². The molecular formula is C18H32N2OSi. The summed E-state index contributed by atoms with van der Waals surface area (Å²) >= 11 is 0. The van der Waals surface area contributed by atoms with Crippen LogP contribution in [0.1, 0.15) is 63.6 Å². The van der Waals surface area contributed by atoms with E-state index in [4.69, 9.17) is 10.2 Å². The average molecular weight is 321 g/mol. The van der Waals surface area contributed by atoms with Crippen molar-refractivity contribution in [3.63, 3.8) is 0 Å². The van der Waals surface area contributed by atoms with Gasteiger partial charge in [-0.1, -0.05) is 20.8 Å². The van der Waals surface area contributed by atoms with Crippen LogP contribution in [0.25, 0.3) is 0 Å². The maximum absolute atomic E-state index is 6.58. The molecule has 1 aliphatic rings. The van der Waals surface area contributed by atoms with Gasteiger partial charge in [0.05, 0.1) is 11.9 Å². The van der Waals surface area contributed by atoms with E-state index in [1.54, 1.807) is 6.20 Å². The monoisotopic (exact) mass is 320 g/mol. The van der Waals surface area contributed by atoms with E-state index in [0.717, 1.165) is 18.5 Å². The van der Waals surface area contributed by atoms with Crippen LogP contribution in [0.4, 0.5) is 5.69 Å². The number of pyridine rings is 1. The highest BCUT2D eigenvalue weighted by Crippen LogP contribution is 2.41. The third-order valence-corrected chi connectivity index (χ3v) is 10.0. The Morgan fingerprint density at radius 2 is 1.77 bits per heavy atom. The smallest absolute Gasteiger partial charge is 0.192 e. The van der Waals surface area contributed by atoms with Crippen LogP contribution in [-0.4, -0.2) is 19.4 Å². The number of hydrogen-bond donors (Lipinski definition) is 1. The molecule has 2 N–H and O–H groups in total. The summed E-state index contributed by atoms with van der Waals surface area (Å²) in [5.74, 6) is 0.569. The summed E-state index contributed by atoms with van der Waals surface area (Å²) in [4.78, 5) is 4.58. The standard InChI is InChI=1S/C18H32N2OSi/c1-13-11-15(19)12-20-17(13)14-7-9-16(10-8-14)21-22(5,6)18(2,3)4/h11-12,14,16H,7-10,19H2,1-6H3. The average Bonchev–Trinajstić information content (AvgIpc) is 2.38. The van der Waals surface area contributed by atoms with Crippen molar-refractivity contribution in [1.82, 2.24) is 4.98 Å². The summed E-state index contributed by atoms with van der Waals surface area (Å²) in [6, 6.07) is 2.04. The van der Waals surface area contributed by atoms with Crippen molar-refractivity contribution in [2.75, 3.05) is 5.73 Å². The van der Waals surface area contributed by atoms with Crippen LogP contribution in [0, 0.1) is 6.92 Å². The maximum Gasteiger partial charge on any atom is 0.192 e. The largest absolute Gasteiger partial charge is 0.414 e. The lowest BCUT2D eigenvalue weighted by Gasteiger charge is -2.41. The number of nitrogens with zero attached hydrogens (tertiary/aromatic N) is 1. The third kappa shape index (κ3) is 3.90. The van der Waals surface area contributed by atoms with Crippen LogP contribution in [0.15, 0.2) is 12.3 Å². The number of aryl methyl sites for hydroxylation is 1. The fraction of sp³-hybridized carbons (Fsp3) is 0.722. The zero-order valence-corrected chi connectivity index (χ0v) is 16.1. The van der Waals surface area contributed by atoms with Crippen molar-refractivity contribution >= 4 is 14.0 Å². The minimum atomic E-state index is -1.64. The molecule has 3 nitrogen and oxygen atoms in total. The SMILES string of the molecule is Cc1cc(N)cnc1C1CCC(O[Si](C)(C)C(C)(C)C)CC1. The van der Waals surface area contributed by atoms with E-state index in [1.807, 2.05) is 6.07 Å². The van der Waals surface area contributed by atoms with Crippen molar-refractivity contribution < 1.29 is 4.43 Å². The Labute approximate surface area is 136 Å². The molecule has 4 heteroatoms. The molecule has 1 aromatic rings. The molecule has 1 fully saturated rings. The lowest BCUT2D eigenvalue weighted by molar-refractivity contribution is 0.129. The first-order chi connectivity index (χ1) is 10.1. The molecule has 1 saturated carbocycles. The minimum Gasteiger partial charge on any atom is -0.414 e. The first-order valence-corrected chi connectivity index (χ1v) is 11.4. The van der Waals surface area contributed by atoms with Gasteiger partial charge in [0.2, 0.25) is 0 Å². The second-order valence-electron chi connectivity index (χ2n) is 8.32. The molecule has 0 aromatic carbocycles. The molecule has 0 aliphatic heterocycles. The molecule has 0 amide bonds. The summed E-state index contributed by atoms with van der Waals surface area (Å²) in [6.45, 7) is 13.8. The van der Waals surface area contributed by atoms with E-state index in [1.165, 1.54) is 24.1 Å². The summed E-state index contributed by atoms with van der Waals surface area (Å²) in [6.07, 6.45) is 6.89. The van der Waals surface area contributed by atoms with Gasteiger partial charge in [-0.05, 0) is 62.4 Å². The molecule has 124 valence electrons. The zero-order valence-electron chi connectivity index (χ0n) is 15.1. The normalized spacial score (nSPS) is 23.5. The topological polar surface area (TPSA) is 48.1 Å². The highest BCUT2D eigenvalue weighted by Gasteiger charge is 2.40. The van der Waals surface area contributed by atoms with Gasteiger partial charge in [0.1, 0.15) is 0 Å².